The largest absolute Gasteiger partial charge is 0.347 e. The minimum absolute atomic E-state index is 0.0418. The molecular formula is C7H4N2OS. The van der Waals surface area contributed by atoms with Crippen LogP contribution in [0.3, 0.4) is 0 Å². The van der Waals surface area contributed by atoms with Crippen LogP contribution in [0.2, 0.25) is 0 Å². The number of rotatable bonds is 0. The van der Waals surface area contributed by atoms with E-state index in [4.69, 9.17) is 6.57 Å². The zero-order valence-electron chi connectivity index (χ0n) is 5.55. The van der Waals surface area contributed by atoms with E-state index >= 15 is 0 Å². The molecule has 3 nitrogen and oxygen atoms in total. The molecule has 1 aromatic heterocycles. The number of amides is 1. The molecule has 2 rings (SSSR count). The lowest BCUT2D eigenvalue weighted by atomic mass is 10.3. The normalized spacial score (nSPS) is 13.9. The number of fused-ring (bicyclic) bond motifs is 1. The quantitative estimate of drug-likeness (QED) is 0.580. The molecule has 0 saturated carbocycles. The second-order valence-electron chi connectivity index (χ2n) is 2.23. The Bertz CT molecular complexity index is 361. The first-order valence-corrected chi connectivity index (χ1v) is 3.91. The van der Waals surface area contributed by atoms with E-state index < -0.39 is 0 Å². The average Bonchev–Trinajstić information content (AvgIpc) is 2.53. The Morgan fingerprint density at radius 3 is 3.18 bits per heavy atom. The van der Waals surface area contributed by atoms with Crippen LogP contribution in [-0.2, 0) is 6.54 Å². The Hall–Kier alpha value is -1.34. The summed E-state index contributed by atoms with van der Waals surface area (Å²) in [6.45, 7) is 7.31. The van der Waals surface area contributed by atoms with Gasteiger partial charge in [-0.1, -0.05) is 0 Å². The molecular weight excluding hydrogens is 160 g/mol. The monoisotopic (exact) mass is 164 g/mol. The van der Waals surface area contributed by atoms with Gasteiger partial charge >= 0.3 is 0 Å². The Morgan fingerprint density at radius 2 is 2.55 bits per heavy atom. The van der Waals surface area contributed by atoms with E-state index in [1.807, 2.05) is 0 Å². The van der Waals surface area contributed by atoms with Crippen LogP contribution in [0.5, 0.6) is 0 Å². The Balaban J connectivity index is 2.56. The summed E-state index contributed by atoms with van der Waals surface area (Å²) in [5, 5.41) is 3.29. The lowest BCUT2D eigenvalue weighted by Crippen LogP contribution is -2.11. The smallest absolute Gasteiger partial charge is 0.260 e. The lowest BCUT2D eigenvalue weighted by Gasteiger charge is -1.86. The highest BCUT2D eigenvalue weighted by atomic mass is 32.1. The molecule has 0 unspecified atom stereocenters. The molecule has 1 aromatic rings. The minimum Gasteiger partial charge on any atom is -0.347 e. The number of nitrogens with one attached hydrogen (secondary N) is 1. The molecule has 4 heteroatoms. The summed E-state index contributed by atoms with van der Waals surface area (Å²) >= 11 is 1.26. The van der Waals surface area contributed by atoms with Gasteiger partial charge in [0.2, 0.25) is 5.00 Å². The van der Waals surface area contributed by atoms with Gasteiger partial charge in [0.05, 0.1) is 11.4 Å². The average molecular weight is 164 g/mol. The second-order valence-corrected chi connectivity index (χ2v) is 3.26. The minimum atomic E-state index is -0.0418. The van der Waals surface area contributed by atoms with Crippen molar-refractivity contribution < 1.29 is 4.79 Å². The highest BCUT2D eigenvalue weighted by molar-refractivity contribution is 7.18. The summed E-state index contributed by atoms with van der Waals surface area (Å²) < 4.78 is 0. The highest BCUT2D eigenvalue weighted by Crippen LogP contribution is 2.31. The van der Waals surface area contributed by atoms with E-state index in [1.54, 1.807) is 6.07 Å². The Kier molecular flexibility index (Phi) is 1.20. The molecule has 54 valence electrons. The number of hydrogen-bond donors (Lipinski definition) is 1. The van der Waals surface area contributed by atoms with E-state index in [0.29, 0.717) is 16.4 Å². The zero-order valence-corrected chi connectivity index (χ0v) is 6.36. The number of carbonyl (C=O) groups excluding carboxylic acids is 1. The maximum Gasteiger partial charge on any atom is 0.260 e. The van der Waals surface area contributed by atoms with Crippen molar-refractivity contribution in [1.82, 2.24) is 5.32 Å². The van der Waals surface area contributed by atoms with Gasteiger partial charge in [-0.2, -0.15) is 0 Å². The molecule has 2 heterocycles. The molecule has 1 N–H and O–H groups in total. The molecule has 1 amide bonds. The predicted molar refractivity (Wildman–Crippen MR) is 41.8 cm³/mol. The fraction of sp³-hybridized carbons (Fsp3) is 0.143. The van der Waals surface area contributed by atoms with Crippen LogP contribution in [-0.4, -0.2) is 5.91 Å². The number of thiophene rings is 1. The molecule has 0 aromatic carbocycles. The van der Waals surface area contributed by atoms with Crippen LogP contribution >= 0.6 is 11.3 Å². The fourth-order valence-electron chi connectivity index (χ4n) is 1.05. The predicted octanol–water partition coefficient (Wildman–Crippen LogP) is 1.54. The lowest BCUT2D eigenvalue weighted by molar-refractivity contribution is 0.0969. The SMILES string of the molecule is [C-]#[N+]c1cc2c(s1)C(=O)NC2. The molecule has 1 aliphatic rings. The molecule has 0 radical (unpaired) electrons. The van der Waals surface area contributed by atoms with Crippen molar-refractivity contribution in [3.8, 4) is 0 Å². The van der Waals surface area contributed by atoms with Crippen molar-refractivity contribution in [3.05, 3.63) is 27.9 Å². The zero-order chi connectivity index (χ0) is 7.84. The third-order valence-electron chi connectivity index (χ3n) is 1.55. The summed E-state index contributed by atoms with van der Waals surface area (Å²) in [5.74, 6) is -0.0418. The van der Waals surface area contributed by atoms with E-state index in [-0.39, 0.29) is 5.91 Å². The second kappa shape index (κ2) is 2.07. The van der Waals surface area contributed by atoms with Gasteiger partial charge in [0.15, 0.2) is 0 Å². The van der Waals surface area contributed by atoms with E-state index in [2.05, 4.69) is 10.2 Å². The number of nitrogens with zero attached hydrogens (tertiary/aromatic N) is 1. The van der Waals surface area contributed by atoms with Gasteiger partial charge in [0.1, 0.15) is 0 Å². The maximum absolute atomic E-state index is 11.0. The number of carbonyl (C=O) groups is 1. The molecule has 0 bridgehead atoms. The molecule has 0 saturated heterocycles. The van der Waals surface area contributed by atoms with Crippen molar-refractivity contribution in [2.45, 2.75) is 6.54 Å². The van der Waals surface area contributed by atoms with E-state index in [1.165, 1.54) is 11.3 Å². The van der Waals surface area contributed by atoms with E-state index in [9.17, 15) is 4.79 Å². The van der Waals surface area contributed by atoms with Gasteiger partial charge in [-0.05, 0) is 11.6 Å². The van der Waals surface area contributed by atoms with Crippen LogP contribution < -0.4 is 5.32 Å². The third kappa shape index (κ3) is 0.819. The highest BCUT2D eigenvalue weighted by Gasteiger charge is 2.21. The Morgan fingerprint density at radius 1 is 1.73 bits per heavy atom. The first kappa shape index (κ1) is 6.38. The van der Waals surface area contributed by atoms with Gasteiger partial charge in [0.25, 0.3) is 5.91 Å². The van der Waals surface area contributed by atoms with Crippen molar-refractivity contribution in [2.75, 3.05) is 0 Å². The maximum atomic E-state index is 11.0. The summed E-state index contributed by atoms with van der Waals surface area (Å²) in [6, 6.07) is 1.77. The van der Waals surface area contributed by atoms with Crippen LogP contribution in [0.1, 0.15) is 15.2 Å². The Labute approximate surface area is 67.5 Å². The van der Waals surface area contributed by atoms with Crippen LogP contribution in [0.25, 0.3) is 4.85 Å². The van der Waals surface area contributed by atoms with Crippen LogP contribution in [0.4, 0.5) is 5.00 Å². The van der Waals surface area contributed by atoms with E-state index in [0.717, 1.165) is 5.56 Å². The molecule has 11 heavy (non-hydrogen) atoms. The van der Waals surface area contributed by atoms with Crippen LogP contribution in [0.15, 0.2) is 6.07 Å². The molecule has 0 spiro atoms. The van der Waals surface area contributed by atoms with Gasteiger partial charge in [-0.25, -0.2) is 4.85 Å². The summed E-state index contributed by atoms with van der Waals surface area (Å²) in [6.07, 6.45) is 0. The first-order chi connectivity index (χ1) is 5.31. The summed E-state index contributed by atoms with van der Waals surface area (Å²) in [5.41, 5.74) is 0.964. The fourth-order valence-corrected chi connectivity index (χ4v) is 1.93. The van der Waals surface area contributed by atoms with Gasteiger partial charge in [0, 0.05) is 6.54 Å². The third-order valence-corrected chi connectivity index (χ3v) is 2.62. The van der Waals surface area contributed by atoms with Gasteiger partial charge in [-0.15, -0.1) is 11.3 Å². The molecule has 0 fully saturated rings. The first-order valence-electron chi connectivity index (χ1n) is 3.09. The van der Waals surface area contributed by atoms with Crippen molar-refractivity contribution in [1.29, 1.82) is 0 Å². The van der Waals surface area contributed by atoms with Gasteiger partial charge in [-0.3, -0.25) is 4.79 Å². The van der Waals surface area contributed by atoms with Gasteiger partial charge < -0.3 is 5.32 Å². The standard InChI is InChI=1S/C7H4N2OS/c1-8-5-2-4-3-9-7(10)6(4)11-5/h2H,3H2,(H,9,10). The molecule has 0 aliphatic carbocycles. The topological polar surface area (TPSA) is 33.5 Å². The molecule has 1 aliphatic heterocycles. The number of hydrogen-bond acceptors (Lipinski definition) is 2. The summed E-state index contributed by atoms with van der Waals surface area (Å²) in [4.78, 5) is 15.0. The van der Waals surface area contributed by atoms with Crippen molar-refractivity contribution >= 4 is 22.2 Å². The van der Waals surface area contributed by atoms with Crippen molar-refractivity contribution in [2.24, 2.45) is 0 Å². The summed E-state index contributed by atoms with van der Waals surface area (Å²) in [7, 11) is 0. The van der Waals surface area contributed by atoms with Crippen molar-refractivity contribution in [3.63, 3.8) is 0 Å². The molecule has 0 atom stereocenters. The van der Waals surface area contributed by atoms with Crippen LogP contribution in [0, 0.1) is 6.57 Å².